The van der Waals surface area contributed by atoms with Crippen LogP contribution < -0.4 is 10.6 Å². The number of rotatable bonds is 4. The van der Waals surface area contributed by atoms with E-state index in [-0.39, 0.29) is 30.3 Å². The van der Waals surface area contributed by atoms with Crippen LogP contribution in [0.5, 0.6) is 0 Å². The summed E-state index contributed by atoms with van der Waals surface area (Å²) in [6, 6.07) is 0.127. The van der Waals surface area contributed by atoms with Crippen LogP contribution in [0.4, 0.5) is 0 Å². The van der Waals surface area contributed by atoms with Crippen molar-refractivity contribution < 1.29 is 9.59 Å². The predicted octanol–water partition coefficient (Wildman–Crippen LogP) is 0.588. The molecule has 110 valence electrons. The Morgan fingerprint density at radius 3 is 2.89 bits per heavy atom. The smallest absolute Gasteiger partial charge is 0.243 e. The number of hydrogen-bond acceptors (Lipinski definition) is 4. The number of nitrogens with zero attached hydrogens (tertiary/aromatic N) is 1. The molecular formula is C12H22ClN3O2S. The third-order valence-corrected chi connectivity index (χ3v) is 4.51. The lowest BCUT2D eigenvalue weighted by Crippen LogP contribution is -2.49. The van der Waals surface area contributed by atoms with Gasteiger partial charge in [0.1, 0.15) is 6.04 Å². The Labute approximate surface area is 124 Å². The Morgan fingerprint density at radius 2 is 2.26 bits per heavy atom. The van der Waals surface area contributed by atoms with E-state index in [9.17, 15) is 9.59 Å². The first-order valence-corrected chi connectivity index (χ1v) is 7.76. The molecule has 2 atom stereocenters. The molecule has 2 saturated heterocycles. The molecule has 2 aliphatic rings. The lowest BCUT2D eigenvalue weighted by Gasteiger charge is -2.23. The molecule has 0 saturated carbocycles. The molecule has 0 aromatic rings. The van der Waals surface area contributed by atoms with Gasteiger partial charge in [-0.25, -0.2) is 0 Å². The fourth-order valence-corrected chi connectivity index (χ4v) is 3.56. The first kappa shape index (κ1) is 16.6. The molecular weight excluding hydrogens is 286 g/mol. The molecule has 0 radical (unpaired) electrons. The first-order valence-electron chi connectivity index (χ1n) is 6.60. The Morgan fingerprint density at radius 1 is 1.47 bits per heavy atom. The summed E-state index contributed by atoms with van der Waals surface area (Å²) < 4.78 is 0. The molecule has 7 heteroatoms. The average Bonchev–Trinajstić information content (AvgIpc) is 3.05. The summed E-state index contributed by atoms with van der Waals surface area (Å²) >= 11 is 1.65. The summed E-state index contributed by atoms with van der Waals surface area (Å²) in [5.41, 5.74) is 0. The normalized spacial score (nSPS) is 26.1. The van der Waals surface area contributed by atoms with Gasteiger partial charge >= 0.3 is 0 Å². The predicted molar refractivity (Wildman–Crippen MR) is 79.5 cm³/mol. The molecule has 0 aliphatic carbocycles. The van der Waals surface area contributed by atoms with Crippen LogP contribution in [-0.4, -0.2) is 53.5 Å². The summed E-state index contributed by atoms with van der Waals surface area (Å²) in [6.07, 6.45) is 2.77. The highest BCUT2D eigenvalue weighted by atomic mass is 35.5. The van der Waals surface area contributed by atoms with Crippen LogP contribution in [0.25, 0.3) is 0 Å². The Hall–Kier alpha value is -0.460. The minimum atomic E-state index is -0.274. The Balaban J connectivity index is 0.00000180. The second-order valence-corrected chi connectivity index (χ2v) is 5.77. The van der Waals surface area contributed by atoms with Gasteiger partial charge in [-0.15, -0.1) is 24.2 Å². The molecule has 2 fully saturated rings. The highest BCUT2D eigenvalue weighted by Gasteiger charge is 2.33. The molecule has 2 aliphatic heterocycles. The van der Waals surface area contributed by atoms with Crippen LogP contribution in [0.3, 0.4) is 0 Å². The molecule has 19 heavy (non-hydrogen) atoms. The fraction of sp³-hybridized carbons (Fsp3) is 0.833. The molecule has 0 aromatic heterocycles. The number of hydrogen-bond donors (Lipinski definition) is 2. The summed E-state index contributed by atoms with van der Waals surface area (Å²) in [6.45, 7) is 3.55. The Kier molecular flexibility index (Phi) is 6.96. The van der Waals surface area contributed by atoms with Gasteiger partial charge in [0.2, 0.25) is 11.8 Å². The van der Waals surface area contributed by atoms with Crippen LogP contribution >= 0.6 is 24.2 Å². The largest absolute Gasteiger partial charge is 0.353 e. The number of halogens is 1. The summed E-state index contributed by atoms with van der Waals surface area (Å²) in [5.74, 6) is 1.43. The van der Waals surface area contributed by atoms with Crippen molar-refractivity contribution in [2.45, 2.75) is 38.3 Å². The molecule has 2 amide bonds. The maximum absolute atomic E-state index is 12.1. The third-order valence-electron chi connectivity index (χ3n) is 3.49. The van der Waals surface area contributed by atoms with E-state index in [0.29, 0.717) is 24.9 Å². The third kappa shape index (κ3) is 4.26. The summed E-state index contributed by atoms with van der Waals surface area (Å²) in [5, 5.41) is 6.31. The van der Waals surface area contributed by atoms with Crippen molar-refractivity contribution in [1.82, 2.24) is 15.5 Å². The van der Waals surface area contributed by atoms with Crippen molar-refractivity contribution in [2.24, 2.45) is 0 Å². The molecule has 2 N–H and O–H groups in total. The van der Waals surface area contributed by atoms with Crippen molar-refractivity contribution in [2.75, 3.05) is 24.7 Å². The van der Waals surface area contributed by atoms with Crippen molar-refractivity contribution in [3.63, 3.8) is 0 Å². The molecule has 0 aromatic carbocycles. The van der Waals surface area contributed by atoms with Gasteiger partial charge in [-0.3, -0.25) is 9.59 Å². The van der Waals surface area contributed by atoms with Crippen molar-refractivity contribution in [3.8, 4) is 0 Å². The summed E-state index contributed by atoms with van der Waals surface area (Å²) in [4.78, 5) is 25.5. The standard InChI is InChI=1S/C12H21N3O2S.ClH/c1-2-11(16)15-8-18-7-10(15)12(17)14-6-9-4-3-5-13-9;/h9-10,13H,2-8H2,1H3,(H,14,17);1H. The number of carbonyl (C=O) groups excluding carboxylic acids is 2. The number of thioether (sulfide) groups is 1. The quantitative estimate of drug-likeness (QED) is 0.798. The Bertz CT molecular complexity index is 324. The molecule has 2 heterocycles. The molecule has 5 nitrogen and oxygen atoms in total. The molecule has 2 rings (SSSR count). The van der Waals surface area contributed by atoms with E-state index in [1.54, 1.807) is 16.7 Å². The zero-order valence-corrected chi connectivity index (χ0v) is 12.8. The van der Waals surface area contributed by atoms with E-state index in [1.807, 2.05) is 6.92 Å². The minimum Gasteiger partial charge on any atom is -0.353 e. The monoisotopic (exact) mass is 307 g/mol. The van der Waals surface area contributed by atoms with Crippen molar-refractivity contribution in [3.05, 3.63) is 0 Å². The zero-order valence-electron chi connectivity index (χ0n) is 11.2. The van der Waals surface area contributed by atoms with Gasteiger partial charge in [-0.2, -0.15) is 0 Å². The lowest BCUT2D eigenvalue weighted by molar-refractivity contribution is -0.137. The highest BCUT2D eigenvalue weighted by molar-refractivity contribution is 7.99. The zero-order chi connectivity index (χ0) is 13.0. The van der Waals surface area contributed by atoms with E-state index in [0.717, 1.165) is 18.7 Å². The lowest BCUT2D eigenvalue weighted by atomic mass is 10.2. The van der Waals surface area contributed by atoms with E-state index in [1.165, 1.54) is 6.42 Å². The van der Waals surface area contributed by atoms with Gasteiger partial charge < -0.3 is 15.5 Å². The van der Waals surface area contributed by atoms with Gasteiger partial charge in [0, 0.05) is 24.8 Å². The average molecular weight is 308 g/mol. The highest BCUT2D eigenvalue weighted by Crippen LogP contribution is 2.21. The second kappa shape index (κ2) is 7.97. The first-order chi connectivity index (χ1) is 8.72. The van der Waals surface area contributed by atoms with Gasteiger partial charge in [-0.1, -0.05) is 6.92 Å². The fourth-order valence-electron chi connectivity index (χ4n) is 2.38. The number of carbonyl (C=O) groups is 2. The second-order valence-electron chi connectivity index (χ2n) is 4.77. The summed E-state index contributed by atoms with van der Waals surface area (Å²) in [7, 11) is 0. The maximum Gasteiger partial charge on any atom is 0.243 e. The van der Waals surface area contributed by atoms with Gasteiger partial charge in [0.15, 0.2) is 0 Å². The van der Waals surface area contributed by atoms with Gasteiger partial charge in [-0.05, 0) is 19.4 Å². The maximum atomic E-state index is 12.1. The van der Waals surface area contributed by atoms with E-state index in [4.69, 9.17) is 0 Å². The number of nitrogens with one attached hydrogen (secondary N) is 2. The minimum absolute atomic E-state index is 0. The molecule has 0 bridgehead atoms. The van der Waals surface area contributed by atoms with Crippen molar-refractivity contribution in [1.29, 1.82) is 0 Å². The molecule has 0 spiro atoms. The van der Waals surface area contributed by atoms with Crippen LogP contribution in [0.1, 0.15) is 26.2 Å². The SMILES string of the molecule is CCC(=O)N1CSCC1C(=O)NCC1CCCN1.Cl. The van der Waals surface area contributed by atoms with Crippen molar-refractivity contribution >= 4 is 36.0 Å². The molecule has 2 unspecified atom stereocenters. The van der Waals surface area contributed by atoms with Crippen LogP contribution in [0.15, 0.2) is 0 Å². The van der Waals surface area contributed by atoms with Crippen LogP contribution in [0, 0.1) is 0 Å². The topological polar surface area (TPSA) is 61.4 Å². The van der Waals surface area contributed by atoms with Crippen LogP contribution in [-0.2, 0) is 9.59 Å². The van der Waals surface area contributed by atoms with E-state index >= 15 is 0 Å². The van der Waals surface area contributed by atoms with Gasteiger partial charge in [0.25, 0.3) is 0 Å². The van der Waals surface area contributed by atoms with E-state index in [2.05, 4.69) is 10.6 Å². The van der Waals surface area contributed by atoms with Gasteiger partial charge in [0.05, 0.1) is 5.88 Å². The van der Waals surface area contributed by atoms with Crippen LogP contribution in [0.2, 0.25) is 0 Å². The van der Waals surface area contributed by atoms with E-state index < -0.39 is 0 Å². The number of amides is 2.